The molecule has 1 amide bonds. The zero-order valence-corrected chi connectivity index (χ0v) is 12.4. The first kappa shape index (κ1) is 13.1. The summed E-state index contributed by atoms with van der Waals surface area (Å²) in [6.45, 7) is 5.34. The van der Waals surface area contributed by atoms with Crippen LogP contribution in [0.5, 0.6) is 0 Å². The Balaban J connectivity index is 2.12. The highest BCUT2D eigenvalue weighted by Crippen LogP contribution is 2.21. The Bertz CT molecular complexity index is 407. The van der Waals surface area contributed by atoms with Crippen molar-refractivity contribution >= 4 is 33.2 Å². The highest BCUT2D eigenvalue weighted by atomic mass is 79.9. The Morgan fingerprint density at radius 3 is 3.00 bits per heavy atom. The molecule has 0 bridgehead atoms. The number of rotatable bonds is 2. The van der Waals surface area contributed by atoms with Gasteiger partial charge >= 0.3 is 0 Å². The van der Waals surface area contributed by atoms with Crippen molar-refractivity contribution in [2.24, 2.45) is 0 Å². The van der Waals surface area contributed by atoms with E-state index in [9.17, 15) is 4.79 Å². The predicted molar refractivity (Wildman–Crippen MR) is 73.1 cm³/mol. The molecule has 0 N–H and O–H groups in total. The third-order valence-electron chi connectivity index (χ3n) is 2.89. The fourth-order valence-electron chi connectivity index (χ4n) is 1.88. The van der Waals surface area contributed by atoms with Crippen LogP contribution in [0.15, 0.2) is 12.1 Å². The molecule has 1 saturated heterocycles. The minimum atomic E-state index is 0.108. The molecule has 1 aliphatic rings. The van der Waals surface area contributed by atoms with Gasteiger partial charge in [-0.05, 0) is 26.0 Å². The highest BCUT2D eigenvalue weighted by Gasteiger charge is 2.30. The van der Waals surface area contributed by atoms with Crippen molar-refractivity contribution in [2.75, 3.05) is 18.5 Å². The molecule has 1 aromatic heterocycles. The highest BCUT2D eigenvalue weighted by molar-refractivity contribution is 9.09. The zero-order chi connectivity index (χ0) is 12.4. The average Bonchev–Trinajstić information content (AvgIpc) is 2.76. The number of ether oxygens (including phenoxy) is 1. The molecule has 5 heteroatoms. The van der Waals surface area contributed by atoms with Gasteiger partial charge in [0.25, 0.3) is 5.91 Å². The van der Waals surface area contributed by atoms with Crippen LogP contribution in [-0.4, -0.2) is 41.4 Å². The molecule has 94 valence electrons. The number of hydrogen-bond donors (Lipinski definition) is 0. The van der Waals surface area contributed by atoms with Crippen LogP contribution in [0, 0.1) is 6.92 Å². The van der Waals surface area contributed by atoms with Gasteiger partial charge in [-0.25, -0.2) is 0 Å². The lowest BCUT2D eigenvalue weighted by Gasteiger charge is -2.37. The van der Waals surface area contributed by atoms with Crippen molar-refractivity contribution in [1.29, 1.82) is 0 Å². The third-order valence-corrected chi connectivity index (χ3v) is 4.60. The molecule has 0 saturated carbocycles. The monoisotopic (exact) mass is 317 g/mol. The number of alkyl halides is 1. The maximum atomic E-state index is 12.4. The van der Waals surface area contributed by atoms with Crippen LogP contribution in [0.1, 0.15) is 21.5 Å². The third kappa shape index (κ3) is 2.89. The number of morpholine rings is 1. The second kappa shape index (κ2) is 5.50. The zero-order valence-electron chi connectivity index (χ0n) is 9.98. The van der Waals surface area contributed by atoms with E-state index in [0.717, 1.165) is 10.2 Å². The summed E-state index contributed by atoms with van der Waals surface area (Å²) in [5.74, 6) is 0.129. The summed E-state index contributed by atoms with van der Waals surface area (Å²) in [6.07, 6.45) is 0.108. The standard InChI is InChI=1S/C12H16BrNO2S/c1-8-7-16-10(5-13)6-14(8)12(15)11-4-3-9(2)17-11/h3-4,8,10H,5-7H2,1-2H3. The van der Waals surface area contributed by atoms with Crippen LogP contribution in [0.4, 0.5) is 0 Å². The first-order valence-electron chi connectivity index (χ1n) is 5.66. The summed E-state index contributed by atoms with van der Waals surface area (Å²) in [5.41, 5.74) is 0. The molecule has 2 heterocycles. The number of amides is 1. The topological polar surface area (TPSA) is 29.5 Å². The largest absolute Gasteiger partial charge is 0.373 e. The maximum Gasteiger partial charge on any atom is 0.264 e. The van der Waals surface area contributed by atoms with E-state index in [1.54, 1.807) is 11.3 Å². The van der Waals surface area contributed by atoms with Crippen LogP contribution in [-0.2, 0) is 4.74 Å². The van der Waals surface area contributed by atoms with Crippen molar-refractivity contribution in [2.45, 2.75) is 26.0 Å². The predicted octanol–water partition coefficient (Wildman–Crippen LogP) is 2.68. The molecule has 2 rings (SSSR count). The maximum absolute atomic E-state index is 12.4. The summed E-state index contributed by atoms with van der Waals surface area (Å²) >= 11 is 4.96. The van der Waals surface area contributed by atoms with E-state index in [1.807, 2.05) is 30.9 Å². The van der Waals surface area contributed by atoms with Gasteiger partial charge in [0.15, 0.2) is 0 Å². The number of nitrogens with zero attached hydrogens (tertiary/aromatic N) is 1. The Kier molecular flexibility index (Phi) is 4.22. The minimum absolute atomic E-state index is 0.108. The Hall–Kier alpha value is -0.390. The Morgan fingerprint density at radius 1 is 1.65 bits per heavy atom. The number of hydrogen-bond acceptors (Lipinski definition) is 3. The molecule has 0 aliphatic carbocycles. The molecule has 1 aromatic rings. The van der Waals surface area contributed by atoms with Gasteiger partial charge in [-0.1, -0.05) is 15.9 Å². The van der Waals surface area contributed by atoms with Crippen LogP contribution in [0.25, 0.3) is 0 Å². The van der Waals surface area contributed by atoms with Crippen molar-refractivity contribution in [1.82, 2.24) is 4.90 Å². The first-order chi connectivity index (χ1) is 8.11. The lowest BCUT2D eigenvalue weighted by Crippen LogP contribution is -2.51. The quantitative estimate of drug-likeness (QED) is 0.785. The average molecular weight is 318 g/mol. The molecule has 1 fully saturated rings. The number of thiophene rings is 1. The van der Waals surface area contributed by atoms with E-state index < -0.39 is 0 Å². The second-order valence-corrected chi connectivity index (χ2v) is 6.26. The number of halogens is 1. The summed E-state index contributed by atoms with van der Waals surface area (Å²) in [5, 5.41) is 0.771. The fourth-order valence-corrected chi connectivity index (χ4v) is 3.10. The SMILES string of the molecule is Cc1ccc(C(=O)N2CC(CBr)OCC2C)s1. The van der Waals surface area contributed by atoms with E-state index >= 15 is 0 Å². The lowest BCUT2D eigenvalue weighted by molar-refractivity contribution is -0.0359. The Labute approximate surface area is 114 Å². The van der Waals surface area contributed by atoms with Crippen LogP contribution in [0.2, 0.25) is 0 Å². The van der Waals surface area contributed by atoms with Gasteiger partial charge in [-0.15, -0.1) is 11.3 Å². The van der Waals surface area contributed by atoms with Crippen molar-refractivity contribution in [3.8, 4) is 0 Å². The summed E-state index contributed by atoms with van der Waals surface area (Å²) in [7, 11) is 0. The molecular weight excluding hydrogens is 302 g/mol. The van der Waals surface area contributed by atoms with Gasteiger partial charge in [-0.2, -0.15) is 0 Å². The van der Waals surface area contributed by atoms with Crippen LogP contribution in [0.3, 0.4) is 0 Å². The molecule has 2 unspecified atom stereocenters. The molecule has 17 heavy (non-hydrogen) atoms. The molecular formula is C12H16BrNO2S. The first-order valence-corrected chi connectivity index (χ1v) is 7.60. The number of carbonyl (C=O) groups excluding carboxylic acids is 1. The van der Waals surface area contributed by atoms with Crippen molar-refractivity contribution in [3.63, 3.8) is 0 Å². The lowest BCUT2D eigenvalue weighted by atomic mass is 10.2. The van der Waals surface area contributed by atoms with Crippen LogP contribution < -0.4 is 0 Å². The molecule has 0 aromatic carbocycles. The summed E-state index contributed by atoms with van der Waals surface area (Å²) in [4.78, 5) is 16.3. The van der Waals surface area contributed by atoms with E-state index in [2.05, 4.69) is 15.9 Å². The normalized spacial score (nSPS) is 25.0. The van der Waals surface area contributed by atoms with E-state index in [-0.39, 0.29) is 18.1 Å². The van der Waals surface area contributed by atoms with Gasteiger partial charge in [-0.3, -0.25) is 4.79 Å². The fraction of sp³-hybridized carbons (Fsp3) is 0.583. The van der Waals surface area contributed by atoms with Gasteiger partial charge in [0.05, 0.1) is 23.6 Å². The molecule has 0 radical (unpaired) electrons. The molecule has 3 nitrogen and oxygen atoms in total. The van der Waals surface area contributed by atoms with E-state index in [1.165, 1.54) is 4.88 Å². The minimum Gasteiger partial charge on any atom is -0.373 e. The molecule has 0 spiro atoms. The van der Waals surface area contributed by atoms with Gasteiger partial charge in [0.2, 0.25) is 0 Å². The van der Waals surface area contributed by atoms with Gasteiger partial charge in [0, 0.05) is 16.8 Å². The van der Waals surface area contributed by atoms with Gasteiger partial charge < -0.3 is 9.64 Å². The number of carbonyl (C=O) groups is 1. The smallest absolute Gasteiger partial charge is 0.264 e. The summed E-state index contributed by atoms with van der Waals surface area (Å²) in [6, 6.07) is 4.05. The van der Waals surface area contributed by atoms with Gasteiger partial charge in [0.1, 0.15) is 0 Å². The van der Waals surface area contributed by atoms with E-state index in [4.69, 9.17) is 4.74 Å². The van der Waals surface area contributed by atoms with Crippen molar-refractivity contribution in [3.05, 3.63) is 21.9 Å². The molecule has 2 atom stereocenters. The van der Waals surface area contributed by atoms with E-state index in [0.29, 0.717) is 13.2 Å². The summed E-state index contributed by atoms with van der Waals surface area (Å²) < 4.78 is 5.62. The Morgan fingerprint density at radius 2 is 2.41 bits per heavy atom. The van der Waals surface area contributed by atoms with Crippen LogP contribution >= 0.6 is 27.3 Å². The number of aryl methyl sites for hydroxylation is 1. The molecule has 1 aliphatic heterocycles. The second-order valence-electron chi connectivity index (χ2n) is 4.33. The van der Waals surface area contributed by atoms with Crippen molar-refractivity contribution < 1.29 is 9.53 Å².